The van der Waals surface area contributed by atoms with Crippen molar-refractivity contribution in [3.63, 3.8) is 0 Å². The van der Waals surface area contributed by atoms with Crippen molar-refractivity contribution in [1.29, 1.82) is 0 Å². The monoisotopic (exact) mass is 485 g/mol. The molecule has 0 spiro atoms. The number of hydrogen-bond acceptors (Lipinski definition) is 5. The number of rotatable bonds is 9. The molecule has 0 aliphatic carbocycles. The van der Waals surface area contributed by atoms with E-state index in [9.17, 15) is 9.59 Å². The second kappa shape index (κ2) is 11.5. The number of aromatic amines is 1. The van der Waals surface area contributed by atoms with E-state index in [-0.39, 0.29) is 23.5 Å². The van der Waals surface area contributed by atoms with Gasteiger partial charge in [0.2, 0.25) is 5.91 Å². The van der Waals surface area contributed by atoms with E-state index in [1.165, 1.54) is 11.8 Å². The summed E-state index contributed by atoms with van der Waals surface area (Å²) < 4.78 is 5.23. The Morgan fingerprint density at radius 2 is 1.54 bits per heavy atom. The van der Waals surface area contributed by atoms with Crippen LogP contribution in [-0.2, 0) is 9.53 Å². The van der Waals surface area contributed by atoms with Gasteiger partial charge in [0, 0.05) is 16.8 Å². The number of ether oxygens (including phenoxy) is 1. The number of imidazole rings is 1. The maximum atomic E-state index is 12.5. The van der Waals surface area contributed by atoms with Crippen LogP contribution in [0.4, 0.5) is 5.69 Å². The van der Waals surface area contributed by atoms with Crippen LogP contribution in [0, 0.1) is 5.92 Å². The Kier molecular flexibility index (Phi) is 8.00. The minimum Gasteiger partial charge on any atom is -0.462 e. The number of nitrogens with zero attached hydrogens (tertiary/aromatic N) is 1. The molecule has 0 radical (unpaired) electrons. The first-order chi connectivity index (χ1) is 17.0. The summed E-state index contributed by atoms with van der Waals surface area (Å²) in [4.78, 5) is 32.8. The summed E-state index contributed by atoms with van der Waals surface area (Å²) in [6.45, 7) is 4.34. The zero-order chi connectivity index (χ0) is 24.6. The number of nitrogens with one attached hydrogen (secondary N) is 2. The predicted octanol–water partition coefficient (Wildman–Crippen LogP) is 6.29. The van der Waals surface area contributed by atoms with Crippen molar-refractivity contribution < 1.29 is 14.3 Å². The lowest BCUT2D eigenvalue weighted by molar-refractivity contribution is -0.113. The SMILES string of the molecule is CC(C)COC(=O)c1ccc(NC(=O)CSc2nc(-c3ccccc3)c(-c3ccccc3)[nH]2)cc1. The van der Waals surface area contributed by atoms with Crippen LogP contribution in [-0.4, -0.2) is 34.2 Å². The summed E-state index contributed by atoms with van der Waals surface area (Å²) in [5.41, 5.74) is 4.87. The first kappa shape index (κ1) is 24.3. The van der Waals surface area contributed by atoms with Gasteiger partial charge in [-0.25, -0.2) is 9.78 Å². The van der Waals surface area contributed by atoms with E-state index in [4.69, 9.17) is 9.72 Å². The Hall–Kier alpha value is -3.84. The van der Waals surface area contributed by atoms with Gasteiger partial charge < -0.3 is 15.0 Å². The summed E-state index contributed by atoms with van der Waals surface area (Å²) in [7, 11) is 0. The molecule has 0 bridgehead atoms. The van der Waals surface area contributed by atoms with Crippen LogP contribution >= 0.6 is 11.8 Å². The second-order valence-electron chi connectivity index (χ2n) is 8.40. The molecule has 4 aromatic rings. The van der Waals surface area contributed by atoms with Gasteiger partial charge in [-0.2, -0.15) is 0 Å². The maximum Gasteiger partial charge on any atom is 0.338 e. The zero-order valence-corrected chi connectivity index (χ0v) is 20.5. The number of H-pyrrole nitrogens is 1. The van der Waals surface area contributed by atoms with Crippen molar-refractivity contribution >= 4 is 29.3 Å². The molecule has 178 valence electrons. The highest BCUT2D eigenvalue weighted by atomic mass is 32.2. The van der Waals surface area contributed by atoms with Gasteiger partial charge in [0.15, 0.2) is 5.16 Å². The van der Waals surface area contributed by atoms with Crippen molar-refractivity contribution in [2.75, 3.05) is 17.7 Å². The van der Waals surface area contributed by atoms with Crippen molar-refractivity contribution in [3.8, 4) is 22.5 Å². The fourth-order valence-electron chi connectivity index (χ4n) is 3.38. The fraction of sp³-hybridized carbons (Fsp3) is 0.179. The normalized spacial score (nSPS) is 10.8. The number of amides is 1. The Bertz CT molecular complexity index is 1210. The van der Waals surface area contributed by atoms with Crippen molar-refractivity contribution in [2.24, 2.45) is 5.92 Å². The van der Waals surface area contributed by atoms with Gasteiger partial charge in [0.25, 0.3) is 0 Å². The first-order valence-corrected chi connectivity index (χ1v) is 12.4. The lowest BCUT2D eigenvalue weighted by atomic mass is 10.1. The molecule has 0 unspecified atom stereocenters. The number of benzene rings is 3. The Balaban J connectivity index is 1.40. The maximum absolute atomic E-state index is 12.5. The minimum atomic E-state index is -0.367. The molecule has 0 aliphatic rings. The van der Waals surface area contributed by atoms with E-state index >= 15 is 0 Å². The Morgan fingerprint density at radius 1 is 0.914 bits per heavy atom. The molecule has 1 aromatic heterocycles. The fourth-order valence-corrected chi connectivity index (χ4v) is 4.05. The van der Waals surface area contributed by atoms with Crippen molar-refractivity contribution in [3.05, 3.63) is 90.5 Å². The van der Waals surface area contributed by atoms with Crippen LogP contribution in [0.1, 0.15) is 24.2 Å². The third-order valence-electron chi connectivity index (χ3n) is 5.08. The molecule has 35 heavy (non-hydrogen) atoms. The third kappa shape index (κ3) is 6.61. The van der Waals surface area contributed by atoms with Gasteiger partial charge in [-0.3, -0.25) is 4.79 Å². The molecule has 0 aliphatic heterocycles. The standard InChI is InChI=1S/C28H27N3O3S/c1-19(2)17-34-27(33)22-13-15-23(16-14-22)29-24(32)18-35-28-30-25(20-9-5-3-6-10-20)26(31-28)21-11-7-4-8-12-21/h3-16,19H,17-18H2,1-2H3,(H,29,32)(H,30,31). The molecule has 0 saturated heterocycles. The number of carbonyl (C=O) groups is 2. The zero-order valence-electron chi connectivity index (χ0n) is 19.7. The Labute approximate surface area is 209 Å². The van der Waals surface area contributed by atoms with Crippen LogP contribution in [0.3, 0.4) is 0 Å². The van der Waals surface area contributed by atoms with E-state index in [2.05, 4.69) is 10.3 Å². The van der Waals surface area contributed by atoms with Gasteiger partial charge in [0.05, 0.1) is 29.3 Å². The topological polar surface area (TPSA) is 84.1 Å². The van der Waals surface area contributed by atoms with E-state index in [0.717, 1.165) is 22.5 Å². The van der Waals surface area contributed by atoms with Crippen molar-refractivity contribution in [1.82, 2.24) is 9.97 Å². The highest BCUT2D eigenvalue weighted by molar-refractivity contribution is 7.99. The molecule has 7 heteroatoms. The highest BCUT2D eigenvalue weighted by Gasteiger charge is 2.15. The molecule has 4 rings (SSSR count). The molecule has 0 atom stereocenters. The van der Waals surface area contributed by atoms with Gasteiger partial charge in [-0.1, -0.05) is 86.3 Å². The third-order valence-corrected chi connectivity index (χ3v) is 5.96. The molecule has 0 fully saturated rings. The van der Waals surface area contributed by atoms with Crippen LogP contribution in [0.25, 0.3) is 22.5 Å². The number of aromatic nitrogens is 2. The smallest absolute Gasteiger partial charge is 0.338 e. The van der Waals surface area contributed by atoms with Crippen LogP contribution < -0.4 is 5.32 Å². The molecule has 1 heterocycles. The molecular weight excluding hydrogens is 458 g/mol. The van der Waals surface area contributed by atoms with Gasteiger partial charge in [-0.05, 0) is 30.2 Å². The first-order valence-electron chi connectivity index (χ1n) is 11.4. The summed E-state index contributed by atoms with van der Waals surface area (Å²) in [5, 5.41) is 3.53. The Morgan fingerprint density at radius 3 is 2.17 bits per heavy atom. The summed E-state index contributed by atoms with van der Waals surface area (Å²) in [5.74, 6) is -0.0668. The summed E-state index contributed by atoms with van der Waals surface area (Å²) in [6.07, 6.45) is 0. The predicted molar refractivity (Wildman–Crippen MR) is 140 cm³/mol. The second-order valence-corrected chi connectivity index (χ2v) is 9.37. The number of esters is 1. The molecule has 6 nitrogen and oxygen atoms in total. The van der Waals surface area contributed by atoms with E-state index in [1.807, 2.05) is 74.5 Å². The average Bonchev–Trinajstić information content (AvgIpc) is 3.32. The molecule has 0 saturated carbocycles. The minimum absolute atomic E-state index is 0.163. The van der Waals surface area contributed by atoms with Gasteiger partial charge >= 0.3 is 5.97 Å². The molecule has 1 amide bonds. The number of anilines is 1. The van der Waals surface area contributed by atoms with E-state index in [1.54, 1.807) is 24.3 Å². The van der Waals surface area contributed by atoms with Gasteiger partial charge in [-0.15, -0.1) is 0 Å². The quantitative estimate of drug-likeness (QED) is 0.215. The molecular formula is C28H27N3O3S. The van der Waals surface area contributed by atoms with Gasteiger partial charge in [0.1, 0.15) is 0 Å². The molecule has 3 aromatic carbocycles. The van der Waals surface area contributed by atoms with Crippen LogP contribution in [0.2, 0.25) is 0 Å². The number of hydrogen-bond donors (Lipinski definition) is 2. The molecule has 2 N–H and O–H groups in total. The average molecular weight is 486 g/mol. The lowest BCUT2D eigenvalue weighted by Crippen LogP contribution is -2.14. The van der Waals surface area contributed by atoms with Crippen molar-refractivity contribution in [2.45, 2.75) is 19.0 Å². The van der Waals surface area contributed by atoms with E-state index in [0.29, 0.717) is 23.0 Å². The highest BCUT2D eigenvalue weighted by Crippen LogP contribution is 2.32. The van der Waals surface area contributed by atoms with E-state index < -0.39 is 0 Å². The van der Waals surface area contributed by atoms with Crippen LogP contribution in [0.15, 0.2) is 90.1 Å². The van der Waals surface area contributed by atoms with Crippen LogP contribution in [0.5, 0.6) is 0 Å². The lowest BCUT2D eigenvalue weighted by Gasteiger charge is -2.08. The largest absolute Gasteiger partial charge is 0.462 e. The summed E-state index contributed by atoms with van der Waals surface area (Å²) >= 11 is 1.34. The number of carbonyl (C=O) groups excluding carboxylic acids is 2. The summed E-state index contributed by atoms with van der Waals surface area (Å²) in [6, 6.07) is 26.7. The number of thioether (sulfide) groups is 1.